The van der Waals surface area contributed by atoms with E-state index < -0.39 is 5.95 Å². The van der Waals surface area contributed by atoms with Crippen LogP contribution in [0.5, 0.6) is 0 Å². The summed E-state index contributed by atoms with van der Waals surface area (Å²) in [6.45, 7) is 2.06. The molecule has 4 N–H and O–H groups in total. The molecule has 66 valence electrons. The summed E-state index contributed by atoms with van der Waals surface area (Å²) in [5, 5.41) is 0. The molecule has 0 aromatic carbocycles. The molecule has 1 aromatic rings. The van der Waals surface area contributed by atoms with Gasteiger partial charge in [0.25, 0.3) is 0 Å². The van der Waals surface area contributed by atoms with E-state index in [4.69, 9.17) is 11.5 Å². The summed E-state index contributed by atoms with van der Waals surface area (Å²) >= 11 is 0. The maximum absolute atomic E-state index is 12.5. The predicted octanol–water partition coefficient (Wildman–Crippen LogP) is 0.488. The Morgan fingerprint density at radius 1 is 1.58 bits per heavy atom. The van der Waals surface area contributed by atoms with Gasteiger partial charge < -0.3 is 11.5 Å². The van der Waals surface area contributed by atoms with Gasteiger partial charge in [-0.05, 0) is 18.6 Å². The van der Waals surface area contributed by atoms with Gasteiger partial charge in [-0.3, -0.25) is 0 Å². The summed E-state index contributed by atoms with van der Waals surface area (Å²) < 4.78 is 12.5. The van der Waals surface area contributed by atoms with Crippen LogP contribution in [0.2, 0.25) is 0 Å². The molecule has 0 aliphatic rings. The first kappa shape index (κ1) is 9.09. The molecule has 3 nitrogen and oxygen atoms in total. The van der Waals surface area contributed by atoms with Crippen LogP contribution in [-0.4, -0.2) is 11.5 Å². The smallest absolute Gasteiger partial charge is 0.213 e. The van der Waals surface area contributed by atoms with E-state index in [1.807, 2.05) is 0 Å². The minimum atomic E-state index is -0.486. The van der Waals surface area contributed by atoms with Crippen molar-refractivity contribution in [2.24, 2.45) is 11.5 Å². The molecule has 0 radical (unpaired) electrons. The Morgan fingerprint density at radius 3 is 2.75 bits per heavy atom. The lowest BCUT2D eigenvalue weighted by Crippen LogP contribution is -2.22. The van der Waals surface area contributed by atoms with Crippen molar-refractivity contribution in [3.8, 4) is 0 Å². The lowest BCUT2D eigenvalue weighted by atomic mass is 10.1. The van der Waals surface area contributed by atoms with Gasteiger partial charge in [0.2, 0.25) is 5.95 Å². The number of hydrogen-bond acceptors (Lipinski definition) is 3. The third kappa shape index (κ3) is 1.78. The first-order valence-corrected chi connectivity index (χ1v) is 3.74. The minimum absolute atomic E-state index is 0.252. The van der Waals surface area contributed by atoms with Crippen LogP contribution in [0.25, 0.3) is 0 Å². The molecule has 1 atom stereocenters. The Labute approximate surface area is 70.6 Å². The normalized spacial score (nSPS) is 13.0. The molecule has 0 saturated carbocycles. The third-order valence-electron chi connectivity index (χ3n) is 1.75. The zero-order valence-electron chi connectivity index (χ0n) is 6.92. The molecule has 1 rings (SSSR count). The highest BCUT2D eigenvalue weighted by Gasteiger charge is 2.07. The lowest BCUT2D eigenvalue weighted by Gasteiger charge is -2.10. The largest absolute Gasteiger partial charge is 0.329 e. The molecule has 0 bridgehead atoms. The Hall–Kier alpha value is -1.00. The van der Waals surface area contributed by atoms with Crippen LogP contribution in [0, 0.1) is 12.9 Å². The summed E-state index contributed by atoms with van der Waals surface area (Å²) in [5.74, 6) is -0.486. The molecule has 4 heteroatoms. The van der Waals surface area contributed by atoms with Gasteiger partial charge in [0.15, 0.2) is 0 Å². The molecule has 0 aliphatic carbocycles. The van der Waals surface area contributed by atoms with E-state index in [1.165, 1.54) is 6.07 Å². The van der Waals surface area contributed by atoms with E-state index in [2.05, 4.69) is 4.98 Å². The number of halogens is 1. The highest BCUT2D eigenvalue weighted by atomic mass is 19.1. The predicted molar refractivity (Wildman–Crippen MR) is 44.9 cm³/mol. The summed E-state index contributed by atoms with van der Waals surface area (Å²) in [7, 11) is 0. The zero-order chi connectivity index (χ0) is 9.14. The molecule has 12 heavy (non-hydrogen) atoms. The molecule has 0 saturated heterocycles. The fourth-order valence-corrected chi connectivity index (χ4v) is 1.06. The maximum atomic E-state index is 12.5. The molecule has 1 heterocycles. The fourth-order valence-electron chi connectivity index (χ4n) is 1.06. The SMILES string of the molecule is Cc1nc(F)ccc1C(N)CN. The number of aryl methyl sites for hydroxylation is 1. The first-order chi connectivity index (χ1) is 5.65. The van der Waals surface area contributed by atoms with Crippen molar-refractivity contribution >= 4 is 0 Å². The third-order valence-corrected chi connectivity index (χ3v) is 1.75. The fraction of sp³-hybridized carbons (Fsp3) is 0.375. The van der Waals surface area contributed by atoms with Crippen molar-refractivity contribution < 1.29 is 4.39 Å². The second kappa shape index (κ2) is 3.60. The lowest BCUT2D eigenvalue weighted by molar-refractivity contribution is 0.574. The van der Waals surface area contributed by atoms with E-state index in [0.717, 1.165) is 5.56 Å². The molecule has 1 unspecified atom stereocenters. The van der Waals surface area contributed by atoms with Gasteiger partial charge in [0.05, 0.1) is 0 Å². The number of nitrogens with zero attached hydrogens (tertiary/aromatic N) is 1. The molecular formula is C8H12FN3. The summed E-state index contributed by atoms with van der Waals surface area (Å²) in [5.41, 5.74) is 12.4. The van der Waals surface area contributed by atoms with Gasteiger partial charge in [-0.25, -0.2) is 4.98 Å². The van der Waals surface area contributed by atoms with Crippen LogP contribution < -0.4 is 11.5 Å². The molecule has 0 spiro atoms. The number of nitrogens with two attached hydrogens (primary N) is 2. The Morgan fingerprint density at radius 2 is 2.25 bits per heavy atom. The van der Waals surface area contributed by atoms with Crippen LogP contribution in [0.15, 0.2) is 12.1 Å². The van der Waals surface area contributed by atoms with E-state index in [0.29, 0.717) is 12.2 Å². The van der Waals surface area contributed by atoms with Gasteiger partial charge in [-0.2, -0.15) is 4.39 Å². The average molecular weight is 169 g/mol. The molecule has 0 fully saturated rings. The number of aromatic nitrogens is 1. The van der Waals surface area contributed by atoms with E-state index in [1.54, 1.807) is 13.0 Å². The number of hydrogen-bond donors (Lipinski definition) is 2. The average Bonchev–Trinajstić information content (AvgIpc) is 2.03. The van der Waals surface area contributed by atoms with Gasteiger partial charge in [-0.1, -0.05) is 6.07 Å². The van der Waals surface area contributed by atoms with Crippen molar-refractivity contribution in [2.45, 2.75) is 13.0 Å². The second-order valence-electron chi connectivity index (χ2n) is 2.65. The van der Waals surface area contributed by atoms with Crippen molar-refractivity contribution in [3.05, 3.63) is 29.3 Å². The molecule has 1 aromatic heterocycles. The highest BCUT2D eigenvalue weighted by Crippen LogP contribution is 2.12. The van der Waals surface area contributed by atoms with Crippen molar-refractivity contribution in [2.75, 3.05) is 6.54 Å². The van der Waals surface area contributed by atoms with Gasteiger partial charge in [-0.15, -0.1) is 0 Å². The van der Waals surface area contributed by atoms with Crippen LogP contribution >= 0.6 is 0 Å². The van der Waals surface area contributed by atoms with Gasteiger partial charge >= 0.3 is 0 Å². The monoisotopic (exact) mass is 169 g/mol. The molecule has 0 aliphatic heterocycles. The topological polar surface area (TPSA) is 64.9 Å². The maximum Gasteiger partial charge on any atom is 0.213 e. The van der Waals surface area contributed by atoms with E-state index in [-0.39, 0.29) is 6.04 Å². The van der Waals surface area contributed by atoms with Crippen LogP contribution in [0.3, 0.4) is 0 Å². The number of rotatable bonds is 2. The van der Waals surface area contributed by atoms with Crippen molar-refractivity contribution in [1.82, 2.24) is 4.98 Å². The Bertz CT molecular complexity index is 275. The van der Waals surface area contributed by atoms with E-state index >= 15 is 0 Å². The van der Waals surface area contributed by atoms with Crippen molar-refractivity contribution in [3.63, 3.8) is 0 Å². The number of pyridine rings is 1. The quantitative estimate of drug-likeness (QED) is 0.633. The standard InChI is InChI=1S/C8H12FN3/c1-5-6(7(11)4-10)2-3-8(9)12-5/h2-3,7H,4,10-11H2,1H3. The molecular weight excluding hydrogens is 157 g/mol. The van der Waals surface area contributed by atoms with Crippen LogP contribution in [0.1, 0.15) is 17.3 Å². The summed E-state index contributed by atoms with van der Waals surface area (Å²) in [4.78, 5) is 3.64. The summed E-state index contributed by atoms with van der Waals surface area (Å²) in [6.07, 6.45) is 0. The van der Waals surface area contributed by atoms with Crippen LogP contribution in [0.4, 0.5) is 4.39 Å². The van der Waals surface area contributed by atoms with Gasteiger partial charge in [0.1, 0.15) is 0 Å². The van der Waals surface area contributed by atoms with Crippen molar-refractivity contribution in [1.29, 1.82) is 0 Å². The van der Waals surface area contributed by atoms with Gasteiger partial charge in [0, 0.05) is 18.3 Å². The first-order valence-electron chi connectivity index (χ1n) is 3.74. The van der Waals surface area contributed by atoms with E-state index in [9.17, 15) is 4.39 Å². The molecule has 0 amide bonds. The minimum Gasteiger partial charge on any atom is -0.329 e. The Balaban J connectivity index is 3.01. The summed E-state index contributed by atoms with van der Waals surface area (Å²) in [6, 6.07) is 2.66. The zero-order valence-corrected chi connectivity index (χ0v) is 6.92. The Kier molecular flexibility index (Phi) is 2.73. The second-order valence-corrected chi connectivity index (χ2v) is 2.65. The highest BCUT2D eigenvalue weighted by molar-refractivity contribution is 5.22. The van der Waals surface area contributed by atoms with Crippen LogP contribution in [-0.2, 0) is 0 Å².